The van der Waals surface area contributed by atoms with Gasteiger partial charge >= 0.3 is 0 Å². The maximum absolute atomic E-state index is 12.8. The molecule has 0 saturated heterocycles. The lowest BCUT2D eigenvalue weighted by Gasteiger charge is -2.17. The molecule has 0 unspecified atom stereocenters. The summed E-state index contributed by atoms with van der Waals surface area (Å²) in [4.78, 5) is 4.03. The Kier molecular flexibility index (Phi) is 5.27. The SMILES string of the molecule is CNc1c(C=N)ccc(OC)c1NS(=O)(=O)c1ccc(-c2nnc(C)o2)nc1. The molecule has 0 spiro atoms. The van der Waals surface area contributed by atoms with Gasteiger partial charge in [-0.25, -0.2) is 13.4 Å². The van der Waals surface area contributed by atoms with E-state index < -0.39 is 10.0 Å². The molecule has 0 saturated carbocycles. The highest BCUT2D eigenvalue weighted by atomic mass is 32.2. The predicted molar refractivity (Wildman–Crippen MR) is 104 cm³/mol. The monoisotopic (exact) mass is 402 g/mol. The highest BCUT2D eigenvalue weighted by molar-refractivity contribution is 7.92. The van der Waals surface area contributed by atoms with Crippen molar-refractivity contribution in [2.45, 2.75) is 11.8 Å². The highest BCUT2D eigenvalue weighted by Gasteiger charge is 2.21. The van der Waals surface area contributed by atoms with Crippen LogP contribution in [0.1, 0.15) is 11.5 Å². The molecule has 3 rings (SSSR count). The number of benzene rings is 1. The number of aryl methyl sites for hydroxylation is 1. The van der Waals surface area contributed by atoms with Gasteiger partial charge < -0.3 is 19.9 Å². The topological polar surface area (TPSA) is 143 Å². The number of hydrogen-bond acceptors (Lipinski definition) is 9. The molecular formula is C17H18N6O4S. The van der Waals surface area contributed by atoms with Gasteiger partial charge in [0.25, 0.3) is 15.9 Å². The number of anilines is 2. The van der Waals surface area contributed by atoms with Crippen molar-refractivity contribution < 1.29 is 17.6 Å². The second-order valence-electron chi connectivity index (χ2n) is 5.61. The Labute approximate surface area is 161 Å². The standard InChI is InChI=1S/C17H18N6O4S/c1-10-21-22-17(27-10)13-6-5-12(9-20-13)28(24,25)23-16-14(26-3)7-4-11(8-18)15(16)19-2/h4-9,18-19,23H,1-3H3. The molecule has 3 N–H and O–H groups in total. The third-order valence-electron chi connectivity index (χ3n) is 3.85. The molecule has 0 bridgehead atoms. The fourth-order valence-electron chi connectivity index (χ4n) is 2.52. The van der Waals surface area contributed by atoms with E-state index >= 15 is 0 Å². The molecule has 2 aromatic heterocycles. The van der Waals surface area contributed by atoms with Crippen molar-refractivity contribution in [1.29, 1.82) is 5.41 Å². The molecule has 0 radical (unpaired) electrons. The Balaban J connectivity index is 1.97. The Bertz CT molecular complexity index is 1110. The van der Waals surface area contributed by atoms with Crippen LogP contribution in [-0.4, -0.2) is 44.0 Å². The van der Waals surface area contributed by atoms with E-state index in [0.717, 1.165) is 6.21 Å². The minimum absolute atomic E-state index is 0.0585. The van der Waals surface area contributed by atoms with Crippen LogP contribution in [-0.2, 0) is 10.0 Å². The minimum atomic E-state index is -3.97. The summed E-state index contributed by atoms with van der Waals surface area (Å²) in [5, 5.41) is 18.0. The summed E-state index contributed by atoms with van der Waals surface area (Å²) < 4.78 is 38.7. The lowest BCUT2D eigenvalue weighted by Crippen LogP contribution is -2.16. The molecule has 2 heterocycles. The van der Waals surface area contributed by atoms with Crippen LogP contribution < -0.4 is 14.8 Å². The maximum atomic E-state index is 12.8. The molecule has 3 aromatic rings. The van der Waals surface area contributed by atoms with Gasteiger partial charge in [0.1, 0.15) is 22.0 Å². The Morgan fingerprint density at radius 1 is 1.18 bits per heavy atom. The average Bonchev–Trinajstić information content (AvgIpc) is 3.13. The van der Waals surface area contributed by atoms with E-state index in [0.29, 0.717) is 28.6 Å². The lowest BCUT2D eigenvalue weighted by atomic mass is 10.1. The smallest absolute Gasteiger partial charge is 0.266 e. The van der Waals surface area contributed by atoms with Crippen LogP contribution >= 0.6 is 0 Å². The van der Waals surface area contributed by atoms with E-state index in [4.69, 9.17) is 14.6 Å². The van der Waals surface area contributed by atoms with Crippen molar-refractivity contribution in [2.24, 2.45) is 0 Å². The van der Waals surface area contributed by atoms with Crippen molar-refractivity contribution in [3.05, 3.63) is 41.9 Å². The number of hydrogen-bond donors (Lipinski definition) is 3. The fourth-order valence-corrected chi connectivity index (χ4v) is 3.55. The molecule has 0 aliphatic rings. The van der Waals surface area contributed by atoms with Crippen molar-refractivity contribution in [3.63, 3.8) is 0 Å². The van der Waals surface area contributed by atoms with Crippen LogP contribution in [0.3, 0.4) is 0 Å². The molecule has 0 fully saturated rings. The zero-order chi connectivity index (χ0) is 20.3. The van der Waals surface area contributed by atoms with Gasteiger partial charge in [-0.05, 0) is 24.3 Å². The number of pyridine rings is 1. The summed E-state index contributed by atoms with van der Waals surface area (Å²) in [6, 6.07) is 6.10. The summed E-state index contributed by atoms with van der Waals surface area (Å²) in [6.45, 7) is 1.65. The van der Waals surface area contributed by atoms with Crippen molar-refractivity contribution in [3.8, 4) is 17.3 Å². The molecule has 28 heavy (non-hydrogen) atoms. The van der Waals surface area contributed by atoms with Crippen LogP contribution in [0.4, 0.5) is 11.4 Å². The number of sulfonamides is 1. The maximum Gasteiger partial charge on any atom is 0.266 e. The number of nitrogens with zero attached hydrogens (tertiary/aromatic N) is 3. The largest absolute Gasteiger partial charge is 0.494 e. The molecule has 0 amide bonds. The predicted octanol–water partition coefficient (Wildman–Crippen LogP) is 2.29. The van der Waals surface area contributed by atoms with Gasteiger partial charge in [0, 0.05) is 31.9 Å². The molecule has 0 aliphatic heterocycles. The Morgan fingerprint density at radius 2 is 1.96 bits per heavy atom. The molecule has 10 nitrogen and oxygen atoms in total. The summed E-state index contributed by atoms with van der Waals surface area (Å²) in [5.41, 5.74) is 1.48. The van der Waals surface area contributed by atoms with Crippen LogP contribution in [0.5, 0.6) is 5.75 Å². The summed E-state index contributed by atoms with van der Waals surface area (Å²) in [6.07, 6.45) is 2.31. The molecule has 11 heteroatoms. The first kappa shape index (κ1) is 19.3. The summed E-state index contributed by atoms with van der Waals surface area (Å²) >= 11 is 0. The van der Waals surface area contributed by atoms with E-state index in [1.165, 1.54) is 25.4 Å². The zero-order valence-electron chi connectivity index (χ0n) is 15.3. The number of aromatic nitrogens is 3. The van der Waals surface area contributed by atoms with Crippen LogP contribution in [0.25, 0.3) is 11.6 Å². The normalized spacial score (nSPS) is 11.1. The molecule has 146 valence electrons. The van der Waals surface area contributed by atoms with E-state index in [1.807, 2.05) is 0 Å². The number of nitrogens with one attached hydrogen (secondary N) is 3. The molecular weight excluding hydrogens is 384 g/mol. The van der Waals surface area contributed by atoms with E-state index in [1.54, 1.807) is 26.1 Å². The first-order chi connectivity index (χ1) is 13.4. The van der Waals surface area contributed by atoms with Gasteiger partial charge in [0.2, 0.25) is 5.89 Å². The second kappa shape index (κ2) is 7.64. The molecule has 1 aromatic carbocycles. The number of rotatable bonds is 7. The van der Waals surface area contributed by atoms with E-state index in [2.05, 4.69) is 25.2 Å². The minimum Gasteiger partial charge on any atom is -0.494 e. The average molecular weight is 402 g/mol. The second-order valence-corrected chi connectivity index (χ2v) is 7.29. The quantitative estimate of drug-likeness (QED) is 0.511. The number of ether oxygens (including phenoxy) is 1. The van der Waals surface area contributed by atoms with Gasteiger partial charge in [-0.2, -0.15) is 0 Å². The first-order valence-corrected chi connectivity index (χ1v) is 9.56. The summed E-state index contributed by atoms with van der Waals surface area (Å²) in [7, 11) is -0.914. The number of methoxy groups -OCH3 is 1. The zero-order valence-corrected chi connectivity index (χ0v) is 16.2. The molecule has 0 atom stereocenters. The van der Waals surface area contributed by atoms with Gasteiger partial charge in [0.05, 0.1) is 12.8 Å². The van der Waals surface area contributed by atoms with Crippen LogP contribution in [0.2, 0.25) is 0 Å². The van der Waals surface area contributed by atoms with Crippen LogP contribution in [0, 0.1) is 12.3 Å². The van der Waals surface area contributed by atoms with Crippen molar-refractivity contribution in [1.82, 2.24) is 15.2 Å². The van der Waals surface area contributed by atoms with Gasteiger partial charge in [-0.15, -0.1) is 10.2 Å². The first-order valence-electron chi connectivity index (χ1n) is 8.08. The van der Waals surface area contributed by atoms with Crippen molar-refractivity contribution in [2.75, 3.05) is 24.2 Å². The lowest BCUT2D eigenvalue weighted by molar-refractivity contribution is 0.417. The van der Waals surface area contributed by atoms with E-state index in [9.17, 15) is 8.42 Å². The van der Waals surface area contributed by atoms with E-state index in [-0.39, 0.29) is 16.5 Å². The third-order valence-corrected chi connectivity index (χ3v) is 5.19. The van der Waals surface area contributed by atoms with Gasteiger partial charge in [0.15, 0.2) is 0 Å². The fraction of sp³-hybridized carbons (Fsp3) is 0.176. The van der Waals surface area contributed by atoms with Gasteiger partial charge in [-0.3, -0.25) is 4.72 Å². The summed E-state index contributed by atoms with van der Waals surface area (Å²) in [5.74, 6) is 0.893. The highest BCUT2D eigenvalue weighted by Crippen LogP contribution is 2.36. The van der Waals surface area contributed by atoms with Gasteiger partial charge in [-0.1, -0.05) is 0 Å². The van der Waals surface area contributed by atoms with Crippen molar-refractivity contribution >= 4 is 27.6 Å². The Morgan fingerprint density at radius 3 is 2.50 bits per heavy atom. The third kappa shape index (κ3) is 3.64. The van der Waals surface area contributed by atoms with Crippen LogP contribution in [0.15, 0.2) is 39.8 Å². The Hall–Kier alpha value is -3.47. The molecule has 0 aliphatic carbocycles.